The van der Waals surface area contributed by atoms with Crippen molar-refractivity contribution in [1.82, 2.24) is 0 Å². The third kappa shape index (κ3) is 5.68. The molecule has 0 radical (unpaired) electrons. The van der Waals surface area contributed by atoms with E-state index in [1.807, 2.05) is 0 Å². The summed E-state index contributed by atoms with van der Waals surface area (Å²) >= 11 is 0. The third-order valence-corrected chi connectivity index (χ3v) is 2.24. The molecule has 0 heterocycles. The second kappa shape index (κ2) is 8.07. The Labute approximate surface area is 95.6 Å². The Morgan fingerprint density at radius 3 is 2.06 bits per heavy atom. The van der Waals surface area contributed by atoms with Gasteiger partial charge in [-0.2, -0.15) is 0 Å². The van der Waals surface area contributed by atoms with E-state index in [1.54, 1.807) is 0 Å². The van der Waals surface area contributed by atoms with Gasteiger partial charge in [0.05, 0.1) is 11.4 Å². The van der Waals surface area contributed by atoms with Gasteiger partial charge >= 0.3 is 0 Å². The highest BCUT2D eigenvalue weighted by Crippen LogP contribution is 2.09. The number of alkyl halides is 2. The fraction of sp³-hybridized carbons (Fsp3) is 0.727. The van der Waals surface area contributed by atoms with Crippen LogP contribution in [-0.2, 0) is 0 Å². The van der Waals surface area contributed by atoms with Crippen LogP contribution in [0.4, 0.5) is 8.78 Å². The van der Waals surface area contributed by atoms with E-state index in [9.17, 15) is 8.78 Å². The molecule has 0 aliphatic heterocycles. The molecule has 16 heavy (non-hydrogen) atoms. The molecule has 4 N–H and O–H groups in total. The maximum atomic E-state index is 12.2. The quantitative estimate of drug-likeness (QED) is 0.663. The van der Waals surface area contributed by atoms with Gasteiger partial charge in [-0.1, -0.05) is 26.7 Å². The van der Waals surface area contributed by atoms with Crippen LogP contribution in [0.1, 0.15) is 39.5 Å². The van der Waals surface area contributed by atoms with Gasteiger partial charge in [0, 0.05) is 12.3 Å². The molecule has 0 rings (SSSR count). The molecular weight excluding hydrogens is 212 g/mol. The van der Waals surface area contributed by atoms with Crippen molar-refractivity contribution in [3.63, 3.8) is 0 Å². The summed E-state index contributed by atoms with van der Waals surface area (Å²) in [7, 11) is 0. The van der Waals surface area contributed by atoms with Gasteiger partial charge in [0.2, 0.25) is 0 Å². The van der Waals surface area contributed by atoms with E-state index in [1.165, 1.54) is 6.21 Å². The van der Waals surface area contributed by atoms with Gasteiger partial charge < -0.3 is 11.5 Å². The van der Waals surface area contributed by atoms with Crippen LogP contribution in [0.5, 0.6) is 0 Å². The highest BCUT2D eigenvalue weighted by atomic mass is 19.3. The van der Waals surface area contributed by atoms with Gasteiger partial charge in [0.1, 0.15) is 0 Å². The molecule has 0 atom stereocenters. The highest BCUT2D eigenvalue weighted by molar-refractivity contribution is 5.78. The Balaban J connectivity index is 4.47. The largest absolute Gasteiger partial charge is 0.396 e. The van der Waals surface area contributed by atoms with E-state index in [0.29, 0.717) is 0 Å². The molecule has 0 amide bonds. The van der Waals surface area contributed by atoms with Gasteiger partial charge in [-0.05, 0) is 12.8 Å². The predicted octanol–water partition coefficient (Wildman–Crippen LogP) is 2.42. The molecule has 0 fully saturated rings. The number of aliphatic imine (C=N–C) groups is 1. The number of rotatable bonds is 7. The van der Waals surface area contributed by atoms with E-state index >= 15 is 0 Å². The molecule has 0 unspecified atom stereocenters. The zero-order valence-corrected chi connectivity index (χ0v) is 9.92. The molecule has 0 aromatic heterocycles. The van der Waals surface area contributed by atoms with Crippen LogP contribution in [0, 0.1) is 0 Å². The van der Waals surface area contributed by atoms with E-state index in [2.05, 4.69) is 18.8 Å². The van der Waals surface area contributed by atoms with Crippen LogP contribution in [0.3, 0.4) is 0 Å². The van der Waals surface area contributed by atoms with Crippen molar-refractivity contribution in [2.45, 2.75) is 52.0 Å². The molecule has 0 aromatic rings. The first kappa shape index (κ1) is 14.9. The first-order valence-electron chi connectivity index (χ1n) is 5.59. The average Bonchev–Trinajstić information content (AvgIpc) is 2.24. The Bertz CT molecular complexity index is 244. The Hall–Kier alpha value is -1.13. The summed E-state index contributed by atoms with van der Waals surface area (Å²) < 4.78 is 24.3. The molecule has 3 nitrogen and oxygen atoms in total. The maximum absolute atomic E-state index is 12.2. The summed E-state index contributed by atoms with van der Waals surface area (Å²) in [6, 6.07) is 0.152. The minimum absolute atomic E-state index is 0.132. The Kier molecular flexibility index (Phi) is 7.50. The van der Waals surface area contributed by atoms with Crippen molar-refractivity contribution >= 4 is 6.21 Å². The van der Waals surface area contributed by atoms with Crippen molar-refractivity contribution in [2.75, 3.05) is 0 Å². The van der Waals surface area contributed by atoms with Crippen LogP contribution in [0.15, 0.2) is 16.4 Å². The van der Waals surface area contributed by atoms with Crippen LogP contribution in [-0.4, -0.2) is 18.7 Å². The minimum Gasteiger partial charge on any atom is -0.396 e. The second-order valence-corrected chi connectivity index (χ2v) is 3.72. The Morgan fingerprint density at radius 1 is 1.19 bits per heavy atom. The predicted molar refractivity (Wildman–Crippen MR) is 63.5 cm³/mol. The van der Waals surface area contributed by atoms with Gasteiger partial charge in [-0.15, -0.1) is 0 Å². The van der Waals surface area contributed by atoms with Crippen LogP contribution >= 0.6 is 0 Å². The minimum atomic E-state index is -2.72. The van der Waals surface area contributed by atoms with E-state index in [4.69, 9.17) is 11.5 Å². The first-order valence-corrected chi connectivity index (χ1v) is 5.59. The number of hydrogen-bond acceptors (Lipinski definition) is 3. The summed E-state index contributed by atoms with van der Waals surface area (Å²) in [5.41, 5.74) is 9.76. The van der Waals surface area contributed by atoms with Crippen molar-refractivity contribution in [3.05, 3.63) is 11.4 Å². The van der Waals surface area contributed by atoms with Crippen molar-refractivity contribution in [3.8, 4) is 0 Å². The first-order chi connectivity index (χ1) is 7.52. The van der Waals surface area contributed by atoms with Crippen molar-refractivity contribution in [1.29, 1.82) is 0 Å². The maximum Gasteiger partial charge on any atom is 0.279 e. The van der Waals surface area contributed by atoms with Gasteiger partial charge in [-0.25, -0.2) is 8.78 Å². The molecule has 0 aromatic carbocycles. The normalized spacial score (nSPS) is 13.9. The standard InChI is InChI=1S/C11H21F2N3/c1-3-5-8(6-4-2)16-7-9(14)10(15)11(12)13/h7-8,11H,3-6,14-15H2,1-2H3/b10-9+,16-7?. The molecule has 5 heteroatoms. The lowest BCUT2D eigenvalue weighted by atomic mass is 10.1. The lowest BCUT2D eigenvalue weighted by Crippen LogP contribution is -2.17. The monoisotopic (exact) mass is 233 g/mol. The fourth-order valence-corrected chi connectivity index (χ4v) is 1.35. The van der Waals surface area contributed by atoms with Gasteiger partial charge in [0.25, 0.3) is 6.43 Å². The van der Waals surface area contributed by atoms with Crippen molar-refractivity contribution in [2.24, 2.45) is 16.5 Å². The number of halogens is 2. The zero-order chi connectivity index (χ0) is 12.6. The lowest BCUT2D eigenvalue weighted by molar-refractivity contribution is 0.187. The van der Waals surface area contributed by atoms with Crippen LogP contribution < -0.4 is 11.5 Å². The Morgan fingerprint density at radius 2 is 1.69 bits per heavy atom. The molecule has 0 saturated carbocycles. The molecule has 0 spiro atoms. The van der Waals surface area contributed by atoms with Crippen LogP contribution in [0.2, 0.25) is 0 Å². The fourth-order valence-electron chi connectivity index (χ4n) is 1.35. The molecule has 0 saturated heterocycles. The summed E-state index contributed by atoms with van der Waals surface area (Å²) in [6.45, 7) is 4.12. The average molecular weight is 233 g/mol. The summed E-state index contributed by atoms with van der Waals surface area (Å²) in [5, 5.41) is 0. The lowest BCUT2D eigenvalue weighted by Gasteiger charge is -2.09. The SMILES string of the molecule is CCCC(CCC)N=C/C(N)=C(\N)C(F)F. The molecule has 94 valence electrons. The van der Waals surface area contributed by atoms with E-state index in [0.717, 1.165) is 25.7 Å². The topological polar surface area (TPSA) is 64.4 Å². The molecule has 0 aliphatic carbocycles. The summed E-state index contributed by atoms with van der Waals surface area (Å²) in [5.74, 6) is 0. The molecular formula is C11H21F2N3. The van der Waals surface area contributed by atoms with E-state index < -0.39 is 12.1 Å². The summed E-state index contributed by atoms with van der Waals surface area (Å²) in [6.07, 6.45) is 2.43. The van der Waals surface area contributed by atoms with E-state index in [-0.39, 0.29) is 11.7 Å². The number of nitrogens with zero attached hydrogens (tertiary/aromatic N) is 1. The van der Waals surface area contributed by atoms with Gasteiger partial charge in [-0.3, -0.25) is 4.99 Å². The number of allylic oxidation sites excluding steroid dienone is 2. The highest BCUT2D eigenvalue weighted by Gasteiger charge is 2.10. The summed E-state index contributed by atoms with van der Waals surface area (Å²) in [4.78, 5) is 4.19. The second-order valence-electron chi connectivity index (χ2n) is 3.72. The number of nitrogens with two attached hydrogens (primary N) is 2. The third-order valence-electron chi connectivity index (χ3n) is 2.24. The smallest absolute Gasteiger partial charge is 0.279 e. The van der Waals surface area contributed by atoms with Crippen LogP contribution in [0.25, 0.3) is 0 Å². The molecule has 0 bridgehead atoms. The number of hydrogen-bond donors (Lipinski definition) is 2. The molecule has 0 aliphatic rings. The zero-order valence-electron chi connectivity index (χ0n) is 9.92. The van der Waals surface area contributed by atoms with Crippen molar-refractivity contribution < 1.29 is 8.78 Å². The van der Waals surface area contributed by atoms with Gasteiger partial charge in [0.15, 0.2) is 0 Å².